The number of nitrogens with zero attached hydrogens (tertiary/aromatic N) is 3. The maximum Gasteiger partial charge on any atom is 0.267 e. The molecule has 1 rings (SSSR count). The Bertz CT molecular complexity index is 456. The summed E-state index contributed by atoms with van der Waals surface area (Å²) in [5.74, 6) is -0.339. The van der Waals surface area contributed by atoms with Crippen LogP contribution in [0, 0.1) is 22.7 Å². The zero-order chi connectivity index (χ0) is 11.4. The highest BCUT2D eigenvalue weighted by Gasteiger charge is 2.16. The molecule has 1 aromatic heterocycles. The number of aromatic nitrogens is 1. The Hall–Kier alpha value is -2.21. The summed E-state index contributed by atoms with van der Waals surface area (Å²) < 4.78 is 24.7. The van der Waals surface area contributed by atoms with Crippen molar-refractivity contribution in [3.63, 3.8) is 0 Å². The number of nitriles is 2. The van der Waals surface area contributed by atoms with Gasteiger partial charge in [-0.1, -0.05) is 0 Å². The molecule has 0 fully saturated rings. The summed E-state index contributed by atoms with van der Waals surface area (Å²) in [7, 11) is 0. The van der Waals surface area contributed by atoms with Crippen LogP contribution in [-0.2, 0) is 6.42 Å². The van der Waals surface area contributed by atoms with Crippen molar-refractivity contribution < 1.29 is 8.78 Å². The van der Waals surface area contributed by atoms with Crippen molar-refractivity contribution in [2.75, 3.05) is 5.73 Å². The number of alkyl halides is 2. The standard InChI is InChI=1S/C9H6F2N4/c10-8(11)6-3-5(4-13)7(1-2-12)15-9(6)14/h3,8H,1H2,(H2,14,15). The molecule has 76 valence electrons. The molecule has 0 saturated heterocycles. The number of rotatable bonds is 2. The normalized spacial score (nSPS) is 9.67. The van der Waals surface area contributed by atoms with Crippen molar-refractivity contribution in [1.82, 2.24) is 4.98 Å². The van der Waals surface area contributed by atoms with Gasteiger partial charge in [-0.2, -0.15) is 10.5 Å². The third-order valence-electron chi connectivity index (χ3n) is 1.76. The van der Waals surface area contributed by atoms with E-state index in [2.05, 4.69) is 4.98 Å². The fourth-order valence-corrected chi connectivity index (χ4v) is 1.06. The van der Waals surface area contributed by atoms with E-state index in [0.717, 1.165) is 6.07 Å². The largest absolute Gasteiger partial charge is 0.383 e. The Morgan fingerprint density at radius 2 is 2.13 bits per heavy atom. The third kappa shape index (κ3) is 2.18. The second-order valence-electron chi connectivity index (χ2n) is 2.70. The van der Waals surface area contributed by atoms with Gasteiger partial charge in [0.15, 0.2) is 0 Å². The first-order valence-corrected chi connectivity index (χ1v) is 3.94. The van der Waals surface area contributed by atoms with Crippen molar-refractivity contribution in [3.8, 4) is 12.1 Å². The molecule has 4 nitrogen and oxygen atoms in total. The Morgan fingerprint density at radius 3 is 2.60 bits per heavy atom. The third-order valence-corrected chi connectivity index (χ3v) is 1.76. The predicted octanol–water partition coefficient (Wildman–Crippen LogP) is 1.54. The molecule has 0 aliphatic rings. The summed E-state index contributed by atoms with van der Waals surface area (Å²) in [6.07, 6.45) is -2.91. The Balaban J connectivity index is 3.32. The van der Waals surface area contributed by atoms with Crippen LogP contribution in [0.4, 0.5) is 14.6 Å². The number of pyridine rings is 1. The first kappa shape index (κ1) is 10.9. The predicted molar refractivity (Wildman–Crippen MR) is 47.6 cm³/mol. The minimum absolute atomic E-state index is 0.0407. The average molecular weight is 208 g/mol. The summed E-state index contributed by atoms with van der Waals surface area (Å²) in [6, 6.07) is 4.45. The molecule has 1 heterocycles. The van der Waals surface area contributed by atoms with Gasteiger partial charge in [-0.25, -0.2) is 13.8 Å². The van der Waals surface area contributed by atoms with Crippen molar-refractivity contribution >= 4 is 5.82 Å². The quantitative estimate of drug-likeness (QED) is 0.798. The molecule has 0 saturated carbocycles. The van der Waals surface area contributed by atoms with Gasteiger partial charge in [-0.15, -0.1) is 0 Å². The molecule has 6 heteroatoms. The van der Waals surface area contributed by atoms with E-state index in [1.807, 2.05) is 0 Å². The van der Waals surface area contributed by atoms with Gasteiger partial charge in [0.05, 0.1) is 29.3 Å². The van der Waals surface area contributed by atoms with Gasteiger partial charge in [-0.3, -0.25) is 0 Å². The zero-order valence-electron chi connectivity index (χ0n) is 7.54. The van der Waals surface area contributed by atoms with E-state index in [-0.39, 0.29) is 23.5 Å². The van der Waals surface area contributed by atoms with E-state index in [0.29, 0.717) is 0 Å². The lowest BCUT2D eigenvalue weighted by Crippen LogP contribution is -2.04. The van der Waals surface area contributed by atoms with Crippen molar-refractivity contribution in [2.45, 2.75) is 12.8 Å². The molecule has 0 aromatic carbocycles. The number of anilines is 1. The van der Waals surface area contributed by atoms with Crippen LogP contribution in [-0.4, -0.2) is 4.98 Å². The van der Waals surface area contributed by atoms with E-state index in [4.69, 9.17) is 16.3 Å². The van der Waals surface area contributed by atoms with E-state index in [1.54, 1.807) is 12.1 Å². The lowest BCUT2D eigenvalue weighted by molar-refractivity contribution is 0.152. The Labute approximate surface area is 84.6 Å². The molecule has 0 amide bonds. The fourth-order valence-electron chi connectivity index (χ4n) is 1.06. The highest BCUT2D eigenvalue weighted by atomic mass is 19.3. The van der Waals surface area contributed by atoms with Crippen LogP contribution >= 0.6 is 0 Å². The molecule has 15 heavy (non-hydrogen) atoms. The van der Waals surface area contributed by atoms with Crippen LogP contribution in [0.3, 0.4) is 0 Å². The number of nitrogens with two attached hydrogens (primary N) is 1. The number of nitrogen functional groups attached to an aromatic ring is 1. The van der Waals surface area contributed by atoms with Crippen molar-refractivity contribution in [1.29, 1.82) is 10.5 Å². The topological polar surface area (TPSA) is 86.5 Å². The molecule has 0 aliphatic heterocycles. The first-order chi connectivity index (χ1) is 7.10. The van der Waals surface area contributed by atoms with Gasteiger partial charge < -0.3 is 5.73 Å². The Kier molecular flexibility index (Phi) is 3.14. The van der Waals surface area contributed by atoms with Gasteiger partial charge in [0.2, 0.25) is 0 Å². The van der Waals surface area contributed by atoms with Gasteiger partial charge >= 0.3 is 0 Å². The molecule has 0 unspecified atom stereocenters. The summed E-state index contributed by atoms with van der Waals surface area (Å²) in [4.78, 5) is 3.61. The van der Waals surface area contributed by atoms with Crippen LogP contribution < -0.4 is 5.73 Å². The number of halogens is 2. The number of hydrogen-bond donors (Lipinski definition) is 1. The molecule has 1 aromatic rings. The maximum absolute atomic E-state index is 12.4. The molecular formula is C9H6F2N4. The van der Waals surface area contributed by atoms with E-state index < -0.39 is 12.0 Å². The first-order valence-electron chi connectivity index (χ1n) is 3.94. The smallest absolute Gasteiger partial charge is 0.267 e. The fraction of sp³-hybridized carbons (Fsp3) is 0.222. The second-order valence-corrected chi connectivity index (χ2v) is 2.70. The van der Waals surface area contributed by atoms with Crippen LogP contribution in [0.1, 0.15) is 23.2 Å². The molecule has 0 radical (unpaired) electrons. The highest BCUT2D eigenvalue weighted by Crippen LogP contribution is 2.25. The lowest BCUT2D eigenvalue weighted by Gasteiger charge is -2.06. The van der Waals surface area contributed by atoms with Crippen LogP contribution in [0.5, 0.6) is 0 Å². The van der Waals surface area contributed by atoms with Gasteiger partial charge in [0, 0.05) is 0 Å². The maximum atomic E-state index is 12.4. The van der Waals surface area contributed by atoms with Crippen molar-refractivity contribution in [2.24, 2.45) is 0 Å². The molecule has 2 N–H and O–H groups in total. The van der Waals surface area contributed by atoms with E-state index >= 15 is 0 Å². The van der Waals surface area contributed by atoms with E-state index in [1.165, 1.54) is 0 Å². The summed E-state index contributed by atoms with van der Waals surface area (Å²) in [5, 5.41) is 17.1. The van der Waals surface area contributed by atoms with Gasteiger partial charge in [0.25, 0.3) is 6.43 Å². The SMILES string of the molecule is N#CCc1nc(N)c(C(F)F)cc1C#N. The van der Waals surface area contributed by atoms with Crippen LogP contribution in [0.25, 0.3) is 0 Å². The second kappa shape index (κ2) is 4.34. The van der Waals surface area contributed by atoms with Crippen LogP contribution in [0.15, 0.2) is 6.07 Å². The minimum atomic E-state index is -2.78. The molecular weight excluding hydrogens is 202 g/mol. The monoisotopic (exact) mass is 208 g/mol. The lowest BCUT2D eigenvalue weighted by atomic mass is 10.1. The van der Waals surface area contributed by atoms with E-state index in [9.17, 15) is 8.78 Å². The minimum Gasteiger partial charge on any atom is -0.383 e. The average Bonchev–Trinajstić information content (AvgIpc) is 2.18. The number of hydrogen-bond acceptors (Lipinski definition) is 4. The molecule has 0 aliphatic carbocycles. The highest BCUT2D eigenvalue weighted by molar-refractivity contribution is 5.48. The summed E-state index contributed by atoms with van der Waals surface area (Å²) in [6.45, 7) is 0. The zero-order valence-corrected chi connectivity index (χ0v) is 7.54. The molecule has 0 atom stereocenters. The van der Waals surface area contributed by atoms with Gasteiger partial charge in [-0.05, 0) is 6.07 Å². The van der Waals surface area contributed by atoms with Crippen molar-refractivity contribution in [3.05, 3.63) is 22.9 Å². The van der Waals surface area contributed by atoms with Crippen LogP contribution in [0.2, 0.25) is 0 Å². The summed E-state index contributed by atoms with van der Waals surface area (Å²) >= 11 is 0. The summed E-state index contributed by atoms with van der Waals surface area (Å²) in [5.41, 5.74) is 4.87. The molecule has 0 bridgehead atoms. The molecule has 0 spiro atoms. The van der Waals surface area contributed by atoms with Gasteiger partial charge in [0.1, 0.15) is 11.9 Å². The Morgan fingerprint density at radius 1 is 1.47 bits per heavy atom.